The molecule has 0 atom stereocenters. The SMILES string of the molecule is Cc1cnc(CNC(=O)c2cncn2-c2cccc(-c3cccc4c3sc3ccccc34)c2)cn1. The van der Waals surface area contributed by atoms with E-state index in [0.717, 1.165) is 16.9 Å². The number of imidazole rings is 1. The highest BCUT2D eigenvalue weighted by Crippen LogP contribution is 2.40. The molecular formula is C28H21N5OS. The van der Waals surface area contributed by atoms with Crippen molar-refractivity contribution in [2.45, 2.75) is 13.5 Å². The van der Waals surface area contributed by atoms with Gasteiger partial charge < -0.3 is 5.32 Å². The molecule has 0 unspecified atom stereocenters. The van der Waals surface area contributed by atoms with E-state index >= 15 is 0 Å². The molecule has 0 saturated heterocycles. The van der Waals surface area contributed by atoms with Crippen LogP contribution in [0.3, 0.4) is 0 Å². The smallest absolute Gasteiger partial charge is 0.270 e. The number of nitrogens with one attached hydrogen (secondary N) is 1. The van der Waals surface area contributed by atoms with Crippen molar-refractivity contribution >= 4 is 37.4 Å². The lowest BCUT2D eigenvalue weighted by Crippen LogP contribution is -2.25. The van der Waals surface area contributed by atoms with Gasteiger partial charge in [0.1, 0.15) is 5.69 Å². The fraction of sp³-hybridized carbons (Fsp3) is 0.0714. The van der Waals surface area contributed by atoms with E-state index in [1.54, 1.807) is 36.3 Å². The third kappa shape index (κ3) is 3.96. The Bertz CT molecular complexity index is 1680. The third-order valence-electron chi connectivity index (χ3n) is 5.98. The molecule has 0 aliphatic rings. The summed E-state index contributed by atoms with van der Waals surface area (Å²) in [5.74, 6) is -0.220. The number of carbonyl (C=O) groups excluding carboxylic acids is 1. The predicted octanol–water partition coefficient (Wildman–Crippen LogP) is 5.94. The fourth-order valence-electron chi connectivity index (χ4n) is 4.24. The minimum atomic E-state index is -0.220. The number of amides is 1. The van der Waals surface area contributed by atoms with E-state index in [9.17, 15) is 4.79 Å². The molecule has 0 aliphatic heterocycles. The molecular weight excluding hydrogens is 454 g/mol. The van der Waals surface area contributed by atoms with Gasteiger partial charge in [-0.3, -0.25) is 19.3 Å². The first-order valence-electron chi connectivity index (χ1n) is 11.3. The minimum absolute atomic E-state index is 0.220. The highest BCUT2D eigenvalue weighted by Gasteiger charge is 2.15. The van der Waals surface area contributed by atoms with Crippen molar-refractivity contribution in [2.24, 2.45) is 0 Å². The van der Waals surface area contributed by atoms with E-state index in [4.69, 9.17) is 0 Å². The summed E-state index contributed by atoms with van der Waals surface area (Å²) < 4.78 is 4.34. The highest BCUT2D eigenvalue weighted by atomic mass is 32.1. The molecule has 35 heavy (non-hydrogen) atoms. The number of hydrogen-bond donors (Lipinski definition) is 1. The number of fused-ring (bicyclic) bond motifs is 3. The van der Waals surface area contributed by atoms with Crippen LogP contribution in [0.5, 0.6) is 0 Å². The average Bonchev–Trinajstić information content (AvgIpc) is 3.53. The number of benzene rings is 3. The third-order valence-corrected chi connectivity index (χ3v) is 7.20. The summed E-state index contributed by atoms with van der Waals surface area (Å²) in [4.78, 5) is 25.7. The maximum atomic E-state index is 13.0. The summed E-state index contributed by atoms with van der Waals surface area (Å²) in [6.07, 6.45) is 6.61. The molecule has 0 fully saturated rings. The van der Waals surface area contributed by atoms with Gasteiger partial charge in [-0.05, 0) is 36.2 Å². The second-order valence-corrected chi connectivity index (χ2v) is 9.36. The van der Waals surface area contributed by atoms with E-state index in [1.807, 2.05) is 23.6 Å². The lowest BCUT2D eigenvalue weighted by molar-refractivity contribution is 0.0943. The number of carbonyl (C=O) groups is 1. The fourth-order valence-corrected chi connectivity index (χ4v) is 5.48. The Morgan fingerprint density at radius 3 is 2.69 bits per heavy atom. The van der Waals surface area contributed by atoms with Gasteiger partial charge in [0.05, 0.1) is 36.7 Å². The van der Waals surface area contributed by atoms with Gasteiger partial charge in [0, 0.05) is 32.1 Å². The number of aryl methyl sites for hydroxylation is 1. The largest absolute Gasteiger partial charge is 0.345 e. The zero-order chi connectivity index (χ0) is 23.8. The second-order valence-electron chi connectivity index (χ2n) is 8.31. The van der Waals surface area contributed by atoms with Crippen LogP contribution in [0.4, 0.5) is 0 Å². The number of thiophene rings is 1. The van der Waals surface area contributed by atoms with Gasteiger partial charge in [-0.25, -0.2) is 4.98 Å². The Kier molecular flexibility index (Phi) is 5.31. The van der Waals surface area contributed by atoms with Gasteiger partial charge in [0.2, 0.25) is 0 Å². The lowest BCUT2D eigenvalue weighted by atomic mass is 10.0. The molecule has 0 bridgehead atoms. The molecule has 0 spiro atoms. The molecule has 6 nitrogen and oxygen atoms in total. The molecule has 7 heteroatoms. The van der Waals surface area contributed by atoms with E-state index < -0.39 is 0 Å². The summed E-state index contributed by atoms with van der Waals surface area (Å²) in [5, 5.41) is 5.45. The van der Waals surface area contributed by atoms with E-state index in [2.05, 4.69) is 74.9 Å². The monoisotopic (exact) mass is 475 g/mol. The minimum Gasteiger partial charge on any atom is -0.345 e. The van der Waals surface area contributed by atoms with Crippen LogP contribution in [0.2, 0.25) is 0 Å². The second kappa shape index (κ2) is 8.77. The van der Waals surface area contributed by atoms with Gasteiger partial charge in [0.25, 0.3) is 5.91 Å². The maximum absolute atomic E-state index is 13.0. The first kappa shape index (κ1) is 21.2. The zero-order valence-electron chi connectivity index (χ0n) is 19.0. The molecule has 3 aromatic carbocycles. The van der Waals surface area contributed by atoms with Crippen LogP contribution in [-0.4, -0.2) is 25.4 Å². The van der Waals surface area contributed by atoms with Gasteiger partial charge in [-0.2, -0.15) is 0 Å². The van der Waals surface area contributed by atoms with Crippen molar-refractivity contribution in [3.63, 3.8) is 0 Å². The van der Waals surface area contributed by atoms with E-state index in [0.29, 0.717) is 17.9 Å². The Morgan fingerprint density at radius 1 is 0.943 bits per heavy atom. The van der Waals surface area contributed by atoms with Crippen LogP contribution in [0.15, 0.2) is 91.6 Å². The maximum Gasteiger partial charge on any atom is 0.270 e. The summed E-state index contributed by atoms with van der Waals surface area (Å²) >= 11 is 1.81. The Hall–Kier alpha value is -4.36. The molecule has 0 radical (unpaired) electrons. The van der Waals surface area contributed by atoms with Crippen molar-refractivity contribution in [1.82, 2.24) is 24.8 Å². The highest BCUT2D eigenvalue weighted by molar-refractivity contribution is 7.26. The van der Waals surface area contributed by atoms with Crippen molar-refractivity contribution in [3.8, 4) is 16.8 Å². The number of aromatic nitrogens is 4. The number of rotatable bonds is 5. The van der Waals surface area contributed by atoms with Gasteiger partial charge in [-0.15, -0.1) is 11.3 Å². The van der Waals surface area contributed by atoms with E-state index in [-0.39, 0.29) is 5.91 Å². The number of hydrogen-bond acceptors (Lipinski definition) is 5. The van der Waals surface area contributed by atoms with Crippen LogP contribution in [-0.2, 0) is 6.54 Å². The van der Waals surface area contributed by atoms with Crippen LogP contribution in [0, 0.1) is 6.92 Å². The van der Waals surface area contributed by atoms with E-state index in [1.165, 1.54) is 25.7 Å². The first-order valence-corrected chi connectivity index (χ1v) is 12.1. The van der Waals surface area contributed by atoms with Gasteiger partial charge in [0.15, 0.2) is 0 Å². The molecule has 0 aliphatic carbocycles. The van der Waals surface area contributed by atoms with Crippen molar-refractivity contribution in [3.05, 3.63) is 109 Å². The zero-order valence-corrected chi connectivity index (χ0v) is 19.8. The summed E-state index contributed by atoms with van der Waals surface area (Å²) in [6.45, 7) is 2.18. The molecule has 6 rings (SSSR count). The molecule has 170 valence electrons. The normalized spacial score (nSPS) is 11.2. The molecule has 1 amide bonds. The lowest BCUT2D eigenvalue weighted by Gasteiger charge is -2.11. The van der Waals surface area contributed by atoms with Crippen LogP contribution in [0.25, 0.3) is 37.0 Å². The summed E-state index contributed by atoms with van der Waals surface area (Å²) in [7, 11) is 0. The Labute approximate surface area is 205 Å². The van der Waals surface area contributed by atoms with Crippen LogP contribution < -0.4 is 5.32 Å². The summed E-state index contributed by atoms with van der Waals surface area (Å²) in [6, 6.07) is 23.1. The topological polar surface area (TPSA) is 72.7 Å². The van der Waals surface area contributed by atoms with Gasteiger partial charge in [-0.1, -0.05) is 48.5 Å². The predicted molar refractivity (Wildman–Crippen MR) is 140 cm³/mol. The Morgan fingerprint density at radius 2 is 1.80 bits per heavy atom. The molecule has 1 N–H and O–H groups in total. The Balaban J connectivity index is 1.33. The van der Waals surface area contributed by atoms with Crippen LogP contribution in [0.1, 0.15) is 21.9 Å². The molecule has 6 aromatic rings. The average molecular weight is 476 g/mol. The van der Waals surface area contributed by atoms with Gasteiger partial charge >= 0.3 is 0 Å². The summed E-state index contributed by atoms with van der Waals surface area (Å²) in [5.41, 5.74) is 5.14. The first-order chi connectivity index (χ1) is 17.2. The molecule has 0 saturated carbocycles. The standard InChI is InChI=1S/C28H21N5OS/c1-18-13-31-20(14-30-18)15-32-28(34)25-16-29-17-33(25)21-7-4-6-19(12-21)22-9-5-10-24-23-8-2-3-11-26(23)35-27(22)24/h2-14,16-17H,15H2,1H3,(H,32,34). The van der Waals surface area contributed by atoms with Crippen LogP contribution >= 0.6 is 11.3 Å². The number of nitrogens with zero attached hydrogens (tertiary/aromatic N) is 4. The van der Waals surface area contributed by atoms with Crippen molar-refractivity contribution in [2.75, 3.05) is 0 Å². The quantitative estimate of drug-likeness (QED) is 0.335. The van der Waals surface area contributed by atoms with Crippen molar-refractivity contribution < 1.29 is 4.79 Å². The van der Waals surface area contributed by atoms with Crippen molar-refractivity contribution in [1.29, 1.82) is 0 Å². The molecule has 3 heterocycles. The molecule has 3 aromatic heterocycles.